The van der Waals surface area contributed by atoms with Gasteiger partial charge < -0.3 is 10.8 Å². The summed E-state index contributed by atoms with van der Waals surface area (Å²) in [5.41, 5.74) is 6.30. The molecule has 0 aliphatic carbocycles. The summed E-state index contributed by atoms with van der Waals surface area (Å²) in [4.78, 5) is 11.8. The molecule has 3 N–H and O–H groups in total. The number of nitrogens with two attached hydrogens (primary N) is 1. The number of carboxylic acid groups (broad SMARTS) is 1. The van der Waals surface area contributed by atoms with E-state index in [-0.39, 0.29) is 11.4 Å². The van der Waals surface area contributed by atoms with Gasteiger partial charge in [-0.2, -0.15) is 0 Å². The van der Waals surface area contributed by atoms with Crippen molar-refractivity contribution in [3.8, 4) is 0 Å². The zero-order valence-electron chi connectivity index (χ0n) is 9.26. The number of rotatable bonds is 3. The van der Waals surface area contributed by atoms with Crippen LogP contribution < -0.4 is 5.73 Å². The van der Waals surface area contributed by atoms with E-state index in [1.54, 1.807) is 18.2 Å². The number of aromatic carboxylic acids is 1. The predicted octanol–water partition coefficient (Wildman–Crippen LogP) is 3.26. The summed E-state index contributed by atoms with van der Waals surface area (Å²) < 4.78 is 13.5. The number of hydrogen-bond donors (Lipinski definition) is 2. The van der Waals surface area contributed by atoms with Crippen LogP contribution in [-0.4, -0.2) is 11.1 Å². The smallest absolute Gasteiger partial charge is 0.335 e. The molecular formula is C13H10FNO2S. The van der Waals surface area contributed by atoms with Crippen LogP contribution in [0.2, 0.25) is 0 Å². The van der Waals surface area contributed by atoms with Crippen molar-refractivity contribution in [1.29, 1.82) is 0 Å². The maximum atomic E-state index is 13.5. The van der Waals surface area contributed by atoms with Gasteiger partial charge in [-0.05, 0) is 30.3 Å². The average molecular weight is 263 g/mol. The lowest BCUT2D eigenvalue weighted by Crippen LogP contribution is -1.98. The molecule has 0 fully saturated rings. The van der Waals surface area contributed by atoms with E-state index in [4.69, 9.17) is 10.8 Å². The summed E-state index contributed by atoms with van der Waals surface area (Å²) in [6, 6.07) is 10.6. The second-order valence-electron chi connectivity index (χ2n) is 3.59. The summed E-state index contributed by atoms with van der Waals surface area (Å²) >= 11 is 1.11. The van der Waals surface area contributed by atoms with E-state index in [1.165, 1.54) is 24.3 Å². The molecule has 0 unspecified atom stereocenters. The Morgan fingerprint density at radius 1 is 1.17 bits per heavy atom. The number of hydrogen-bond acceptors (Lipinski definition) is 3. The highest BCUT2D eigenvalue weighted by Gasteiger charge is 2.10. The highest BCUT2D eigenvalue weighted by molar-refractivity contribution is 7.99. The molecule has 18 heavy (non-hydrogen) atoms. The van der Waals surface area contributed by atoms with Crippen molar-refractivity contribution >= 4 is 23.4 Å². The van der Waals surface area contributed by atoms with Gasteiger partial charge in [-0.3, -0.25) is 0 Å². The Bertz CT molecular complexity index is 601. The Labute approximate surface area is 107 Å². The highest BCUT2D eigenvalue weighted by Crippen LogP contribution is 2.34. The zero-order valence-corrected chi connectivity index (χ0v) is 10.1. The number of anilines is 1. The Balaban J connectivity index is 2.37. The highest BCUT2D eigenvalue weighted by atomic mass is 32.2. The van der Waals surface area contributed by atoms with E-state index >= 15 is 0 Å². The molecule has 0 amide bonds. The molecule has 0 bridgehead atoms. The number of carboxylic acids is 1. The number of nitrogen functional groups attached to an aromatic ring is 1. The molecular weight excluding hydrogens is 253 g/mol. The molecule has 2 aromatic carbocycles. The third-order valence-corrected chi connectivity index (χ3v) is 3.44. The molecule has 0 spiro atoms. The molecule has 0 saturated heterocycles. The van der Waals surface area contributed by atoms with Crippen LogP contribution in [0.1, 0.15) is 10.4 Å². The summed E-state index contributed by atoms with van der Waals surface area (Å²) in [5, 5.41) is 8.90. The number of benzene rings is 2. The lowest BCUT2D eigenvalue weighted by molar-refractivity contribution is 0.0696. The van der Waals surface area contributed by atoms with Crippen LogP contribution in [-0.2, 0) is 0 Å². The lowest BCUT2D eigenvalue weighted by atomic mass is 10.2. The molecule has 0 aliphatic heterocycles. The standard InChI is InChI=1S/C13H10FNO2S/c14-9-3-1-2-4-11(9)18-12-7-8(13(16)17)5-6-10(12)15/h1-7H,15H2,(H,16,17). The fraction of sp³-hybridized carbons (Fsp3) is 0. The molecule has 3 nitrogen and oxygen atoms in total. The first-order valence-corrected chi connectivity index (χ1v) is 5.95. The van der Waals surface area contributed by atoms with E-state index in [2.05, 4.69) is 0 Å². The van der Waals surface area contributed by atoms with Crippen molar-refractivity contribution in [2.75, 3.05) is 5.73 Å². The van der Waals surface area contributed by atoms with E-state index < -0.39 is 5.97 Å². The van der Waals surface area contributed by atoms with Gasteiger partial charge >= 0.3 is 5.97 Å². The number of halogens is 1. The molecule has 0 heterocycles. The molecule has 2 rings (SSSR count). The average Bonchev–Trinajstić information content (AvgIpc) is 2.34. The molecule has 5 heteroatoms. The quantitative estimate of drug-likeness (QED) is 0.834. The van der Waals surface area contributed by atoms with E-state index in [9.17, 15) is 9.18 Å². The van der Waals surface area contributed by atoms with Gasteiger partial charge in [0.1, 0.15) is 5.82 Å². The van der Waals surface area contributed by atoms with E-state index in [1.807, 2.05) is 0 Å². The molecule has 92 valence electrons. The van der Waals surface area contributed by atoms with Gasteiger partial charge in [0.2, 0.25) is 0 Å². The second kappa shape index (κ2) is 5.10. The Morgan fingerprint density at radius 3 is 2.56 bits per heavy atom. The van der Waals surface area contributed by atoms with Gasteiger partial charge in [0, 0.05) is 15.5 Å². The Morgan fingerprint density at radius 2 is 1.89 bits per heavy atom. The third-order valence-electron chi connectivity index (χ3n) is 2.32. The van der Waals surface area contributed by atoms with Crippen LogP contribution >= 0.6 is 11.8 Å². The summed E-state index contributed by atoms with van der Waals surface area (Å²) in [5.74, 6) is -1.40. The summed E-state index contributed by atoms with van der Waals surface area (Å²) in [6.45, 7) is 0. The van der Waals surface area contributed by atoms with Gasteiger partial charge in [0.15, 0.2) is 0 Å². The van der Waals surface area contributed by atoms with Crippen molar-refractivity contribution in [3.63, 3.8) is 0 Å². The fourth-order valence-electron chi connectivity index (χ4n) is 1.40. The van der Waals surface area contributed by atoms with Gasteiger partial charge in [0.05, 0.1) is 5.56 Å². The zero-order chi connectivity index (χ0) is 13.1. The van der Waals surface area contributed by atoms with Crippen LogP contribution in [0.4, 0.5) is 10.1 Å². The van der Waals surface area contributed by atoms with Crippen LogP contribution in [0.5, 0.6) is 0 Å². The van der Waals surface area contributed by atoms with Crippen molar-refractivity contribution in [2.45, 2.75) is 9.79 Å². The van der Waals surface area contributed by atoms with Crippen LogP contribution in [0.3, 0.4) is 0 Å². The maximum Gasteiger partial charge on any atom is 0.335 e. The minimum absolute atomic E-state index is 0.128. The molecule has 0 saturated carbocycles. The minimum Gasteiger partial charge on any atom is -0.478 e. The van der Waals surface area contributed by atoms with E-state index in [0.29, 0.717) is 15.5 Å². The van der Waals surface area contributed by atoms with E-state index in [0.717, 1.165) is 11.8 Å². The predicted molar refractivity (Wildman–Crippen MR) is 68.3 cm³/mol. The lowest BCUT2D eigenvalue weighted by Gasteiger charge is -2.07. The Kier molecular flexibility index (Phi) is 3.53. The number of carbonyl (C=O) groups is 1. The third kappa shape index (κ3) is 2.62. The molecule has 2 aromatic rings. The first-order valence-electron chi connectivity index (χ1n) is 5.13. The van der Waals surface area contributed by atoms with Gasteiger partial charge in [-0.1, -0.05) is 23.9 Å². The second-order valence-corrected chi connectivity index (χ2v) is 4.67. The Hall–Kier alpha value is -2.01. The van der Waals surface area contributed by atoms with Crippen molar-refractivity contribution in [3.05, 3.63) is 53.8 Å². The minimum atomic E-state index is -1.04. The topological polar surface area (TPSA) is 63.3 Å². The summed E-state index contributed by atoms with van der Waals surface area (Å²) in [6.07, 6.45) is 0. The normalized spacial score (nSPS) is 10.3. The maximum absolute atomic E-state index is 13.5. The van der Waals surface area contributed by atoms with Crippen LogP contribution in [0.15, 0.2) is 52.3 Å². The molecule has 0 radical (unpaired) electrons. The molecule has 0 atom stereocenters. The van der Waals surface area contributed by atoms with Crippen molar-refractivity contribution < 1.29 is 14.3 Å². The van der Waals surface area contributed by atoms with Crippen LogP contribution in [0, 0.1) is 5.82 Å². The van der Waals surface area contributed by atoms with Crippen molar-refractivity contribution in [1.82, 2.24) is 0 Å². The van der Waals surface area contributed by atoms with Crippen LogP contribution in [0.25, 0.3) is 0 Å². The van der Waals surface area contributed by atoms with Gasteiger partial charge in [0.25, 0.3) is 0 Å². The fourth-order valence-corrected chi connectivity index (χ4v) is 2.32. The first kappa shape index (κ1) is 12.4. The first-order chi connectivity index (χ1) is 8.58. The molecule has 0 aromatic heterocycles. The van der Waals surface area contributed by atoms with Gasteiger partial charge in [-0.25, -0.2) is 9.18 Å². The molecule has 0 aliphatic rings. The van der Waals surface area contributed by atoms with Crippen molar-refractivity contribution in [2.24, 2.45) is 0 Å². The summed E-state index contributed by atoms with van der Waals surface area (Å²) in [7, 11) is 0. The SMILES string of the molecule is Nc1ccc(C(=O)O)cc1Sc1ccccc1F. The monoisotopic (exact) mass is 263 g/mol. The largest absolute Gasteiger partial charge is 0.478 e. The van der Waals surface area contributed by atoms with Gasteiger partial charge in [-0.15, -0.1) is 0 Å².